The summed E-state index contributed by atoms with van der Waals surface area (Å²) < 4.78 is 35.8. The summed E-state index contributed by atoms with van der Waals surface area (Å²) in [5, 5.41) is 0.394. The Labute approximate surface area is 212 Å². The molecule has 37 heavy (non-hydrogen) atoms. The number of sulfonamides is 1. The first-order valence-corrected chi connectivity index (χ1v) is 13.4. The van der Waals surface area contributed by atoms with Gasteiger partial charge in [0.2, 0.25) is 10.0 Å². The minimum absolute atomic E-state index is 0.0152. The van der Waals surface area contributed by atoms with E-state index in [-0.39, 0.29) is 17.3 Å². The number of hydrogen-bond acceptors (Lipinski definition) is 7. The van der Waals surface area contributed by atoms with Crippen molar-refractivity contribution < 1.29 is 27.2 Å². The number of primary amides is 1. The molecule has 1 aromatic heterocycles. The van der Waals surface area contributed by atoms with Crippen LogP contribution in [0.25, 0.3) is 22.1 Å². The maximum Gasteiger partial charge on any atom is 0.405 e. The van der Waals surface area contributed by atoms with E-state index < -0.39 is 21.7 Å². The van der Waals surface area contributed by atoms with Crippen LogP contribution >= 0.6 is 0 Å². The van der Waals surface area contributed by atoms with Crippen LogP contribution in [-0.4, -0.2) is 50.3 Å². The second-order valence-corrected chi connectivity index (χ2v) is 11.0. The SMILES string of the molecule is CS(=O)(=O)Nc1ccc(-c2coc3cc(C#CC4CN(C(=O)C5(OC(N)=O)CC5)C4)ccc3c2=O)cc1. The topological polar surface area (TPSA) is 149 Å². The molecular formula is C26H23N3O7S. The average molecular weight is 522 g/mol. The van der Waals surface area contributed by atoms with Gasteiger partial charge >= 0.3 is 6.09 Å². The highest BCUT2D eigenvalue weighted by atomic mass is 32.2. The summed E-state index contributed by atoms with van der Waals surface area (Å²) in [7, 11) is -3.40. The first-order chi connectivity index (χ1) is 17.5. The largest absolute Gasteiger partial charge is 0.463 e. The average Bonchev–Trinajstić information content (AvgIpc) is 3.58. The zero-order valence-corrected chi connectivity index (χ0v) is 20.6. The smallest absolute Gasteiger partial charge is 0.405 e. The lowest BCUT2D eigenvalue weighted by atomic mass is 9.99. The van der Waals surface area contributed by atoms with Gasteiger partial charge in [-0.15, -0.1) is 0 Å². The van der Waals surface area contributed by atoms with Crippen LogP contribution in [0.3, 0.4) is 0 Å². The van der Waals surface area contributed by atoms with Gasteiger partial charge in [0, 0.05) is 37.2 Å². The van der Waals surface area contributed by atoms with Crippen LogP contribution in [0.5, 0.6) is 0 Å². The number of anilines is 1. The fourth-order valence-corrected chi connectivity index (χ4v) is 4.78. The minimum atomic E-state index is -3.40. The zero-order valence-electron chi connectivity index (χ0n) is 19.8. The number of benzene rings is 2. The van der Waals surface area contributed by atoms with Crippen molar-refractivity contribution in [3.63, 3.8) is 0 Å². The lowest BCUT2D eigenvalue weighted by Gasteiger charge is -2.38. The molecule has 0 bridgehead atoms. The van der Waals surface area contributed by atoms with Crippen molar-refractivity contribution >= 4 is 38.7 Å². The van der Waals surface area contributed by atoms with Gasteiger partial charge in [0.15, 0.2) is 11.0 Å². The summed E-state index contributed by atoms with van der Waals surface area (Å²) in [6.45, 7) is 0.889. The third kappa shape index (κ3) is 5.15. The fourth-order valence-electron chi connectivity index (χ4n) is 4.21. The number of amides is 2. The molecular weight excluding hydrogens is 498 g/mol. The van der Waals surface area contributed by atoms with E-state index in [4.69, 9.17) is 14.9 Å². The van der Waals surface area contributed by atoms with Crippen molar-refractivity contribution in [2.45, 2.75) is 18.4 Å². The Hall–Kier alpha value is -4.30. The number of carbonyl (C=O) groups is 2. The minimum Gasteiger partial charge on any atom is -0.463 e. The molecule has 2 heterocycles. The normalized spacial score (nSPS) is 16.3. The van der Waals surface area contributed by atoms with Crippen molar-refractivity contribution in [2.24, 2.45) is 11.7 Å². The number of fused-ring (bicyclic) bond motifs is 1. The highest BCUT2D eigenvalue weighted by Gasteiger charge is 2.57. The number of ether oxygens (including phenoxy) is 1. The maximum absolute atomic E-state index is 13.0. The molecule has 11 heteroatoms. The van der Waals surface area contributed by atoms with Crippen LogP contribution in [0, 0.1) is 17.8 Å². The second kappa shape index (κ2) is 8.97. The predicted molar refractivity (Wildman–Crippen MR) is 136 cm³/mol. The maximum atomic E-state index is 13.0. The molecule has 1 aliphatic heterocycles. The molecule has 3 N–H and O–H groups in total. The molecule has 10 nitrogen and oxygen atoms in total. The summed E-state index contributed by atoms with van der Waals surface area (Å²) in [6.07, 6.45) is 2.46. The van der Waals surface area contributed by atoms with E-state index in [1.807, 2.05) is 0 Å². The molecule has 1 saturated carbocycles. The van der Waals surface area contributed by atoms with Gasteiger partial charge in [-0.2, -0.15) is 0 Å². The van der Waals surface area contributed by atoms with Crippen LogP contribution in [0.1, 0.15) is 18.4 Å². The lowest BCUT2D eigenvalue weighted by Crippen LogP contribution is -2.54. The zero-order chi connectivity index (χ0) is 26.4. The number of rotatable bonds is 5. The number of nitrogens with one attached hydrogen (secondary N) is 1. The molecule has 2 fully saturated rings. The molecule has 0 unspecified atom stereocenters. The third-order valence-electron chi connectivity index (χ3n) is 6.25. The standard InChI is InChI=1S/C26H23N3O7S/c1-37(33,34)28-19-7-5-18(6-8-19)21-15-35-22-12-16(4-9-20(22)23(21)30)2-3-17-13-29(14-17)24(31)26(10-11-26)36-25(27)32/h4-9,12,15,17,28H,10-11,13-14H2,1H3,(H2,27,32). The summed E-state index contributed by atoms with van der Waals surface area (Å²) in [5.74, 6) is 5.95. The first-order valence-electron chi connectivity index (χ1n) is 11.5. The van der Waals surface area contributed by atoms with Gasteiger partial charge in [-0.05, 0) is 35.9 Å². The van der Waals surface area contributed by atoms with Crippen LogP contribution in [-0.2, 0) is 19.6 Å². The Bertz CT molecular complexity index is 1640. The molecule has 0 spiro atoms. The number of nitrogens with two attached hydrogens (primary N) is 1. The van der Waals surface area contributed by atoms with Crippen LogP contribution in [0.4, 0.5) is 10.5 Å². The van der Waals surface area contributed by atoms with Gasteiger partial charge in [0.05, 0.1) is 23.1 Å². The van der Waals surface area contributed by atoms with Crippen molar-refractivity contribution in [1.82, 2.24) is 4.90 Å². The van der Waals surface area contributed by atoms with Crippen molar-refractivity contribution in [3.05, 3.63) is 64.5 Å². The Morgan fingerprint density at radius 2 is 1.86 bits per heavy atom. The van der Waals surface area contributed by atoms with Crippen molar-refractivity contribution in [3.8, 4) is 23.0 Å². The Kier molecular flexibility index (Phi) is 5.92. The monoisotopic (exact) mass is 521 g/mol. The van der Waals surface area contributed by atoms with Gasteiger partial charge in [0.25, 0.3) is 5.91 Å². The van der Waals surface area contributed by atoms with Crippen molar-refractivity contribution in [2.75, 3.05) is 24.1 Å². The highest BCUT2D eigenvalue weighted by molar-refractivity contribution is 7.92. The van der Waals surface area contributed by atoms with Gasteiger partial charge in [0.1, 0.15) is 11.8 Å². The molecule has 190 valence electrons. The third-order valence-corrected chi connectivity index (χ3v) is 6.86. The molecule has 1 aliphatic carbocycles. The first kappa shape index (κ1) is 24.4. The summed E-state index contributed by atoms with van der Waals surface area (Å²) in [4.78, 5) is 38.2. The number of nitrogens with zero attached hydrogens (tertiary/aromatic N) is 1. The van der Waals surface area contributed by atoms with Crippen LogP contribution < -0.4 is 15.9 Å². The molecule has 2 amide bonds. The molecule has 2 aliphatic rings. The van der Waals surface area contributed by atoms with E-state index >= 15 is 0 Å². The Morgan fingerprint density at radius 1 is 1.16 bits per heavy atom. The van der Waals surface area contributed by atoms with E-state index in [0.29, 0.717) is 59.3 Å². The molecule has 1 saturated heterocycles. The Balaban J connectivity index is 1.27. The van der Waals surface area contributed by atoms with Gasteiger partial charge < -0.3 is 19.8 Å². The van der Waals surface area contributed by atoms with E-state index in [1.54, 1.807) is 47.4 Å². The number of carbonyl (C=O) groups excluding carboxylic acids is 2. The van der Waals surface area contributed by atoms with E-state index in [0.717, 1.165) is 6.26 Å². The van der Waals surface area contributed by atoms with Crippen LogP contribution in [0.15, 0.2) is 57.9 Å². The molecule has 0 radical (unpaired) electrons. The summed E-state index contributed by atoms with van der Waals surface area (Å²) in [6, 6.07) is 11.5. The van der Waals surface area contributed by atoms with Crippen LogP contribution in [0.2, 0.25) is 0 Å². The van der Waals surface area contributed by atoms with Gasteiger partial charge in [-0.3, -0.25) is 14.3 Å². The molecule has 0 atom stereocenters. The number of hydrogen-bond donors (Lipinski definition) is 2. The second-order valence-electron chi connectivity index (χ2n) is 9.23. The van der Waals surface area contributed by atoms with E-state index in [9.17, 15) is 22.8 Å². The lowest BCUT2D eigenvalue weighted by molar-refractivity contribution is -0.147. The Morgan fingerprint density at radius 3 is 2.49 bits per heavy atom. The summed E-state index contributed by atoms with van der Waals surface area (Å²) in [5.41, 5.74) is 6.15. The predicted octanol–water partition coefficient (Wildman–Crippen LogP) is 2.27. The summed E-state index contributed by atoms with van der Waals surface area (Å²) >= 11 is 0. The molecule has 5 rings (SSSR count). The molecule has 3 aromatic rings. The van der Waals surface area contributed by atoms with Gasteiger partial charge in [-0.25, -0.2) is 13.2 Å². The quantitative estimate of drug-likeness (QED) is 0.489. The number of likely N-dealkylation sites (tertiary alicyclic amines) is 1. The highest BCUT2D eigenvalue weighted by Crippen LogP contribution is 2.42. The van der Waals surface area contributed by atoms with Crippen molar-refractivity contribution in [1.29, 1.82) is 0 Å². The van der Waals surface area contributed by atoms with E-state index in [1.165, 1.54) is 6.26 Å². The molecule has 2 aromatic carbocycles. The fraction of sp³-hybridized carbons (Fsp3) is 0.269. The van der Waals surface area contributed by atoms with E-state index in [2.05, 4.69) is 16.6 Å². The van der Waals surface area contributed by atoms with Gasteiger partial charge in [-0.1, -0.05) is 24.0 Å².